The maximum atomic E-state index is 9.28. The number of hydrogen-bond donors (Lipinski definition) is 1. The molecule has 2 atom stereocenters. The maximum Gasteiger partial charge on any atom is 0.0837 e. The third kappa shape index (κ3) is 4.34. The Labute approximate surface area is 116 Å². The Morgan fingerprint density at radius 1 is 1.26 bits per heavy atom. The minimum atomic E-state index is -0.0535. The van der Waals surface area contributed by atoms with Crippen LogP contribution in [0.5, 0.6) is 0 Å². The standard InChI is InChI=1S/C16H23N3/c1-14(13-19-9-5-6-10-19)18-12-16(11-17)15-7-3-2-4-8-15/h2-4,7-8,14,16,18H,5-6,9-10,12-13H2,1H3. The average molecular weight is 257 g/mol. The molecule has 0 aromatic heterocycles. The first-order valence-corrected chi connectivity index (χ1v) is 7.20. The Bertz CT molecular complexity index is 404. The summed E-state index contributed by atoms with van der Waals surface area (Å²) in [4.78, 5) is 2.50. The van der Waals surface area contributed by atoms with Gasteiger partial charge in [-0.15, -0.1) is 0 Å². The summed E-state index contributed by atoms with van der Waals surface area (Å²) >= 11 is 0. The maximum absolute atomic E-state index is 9.28. The van der Waals surface area contributed by atoms with E-state index in [0.717, 1.165) is 18.7 Å². The smallest absolute Gasteiger partial charge is 0.0837 e. The number of nitrogens with one attached hydrogen (secondary N) is 1. The molecule has 2 rings (SSSR count). The van der Waals surface area contributed by atoms with Crippen molar-refractivity contribution in [2.24, 2.45) is 0 Å². The highest BCUT2D eigenvalue weighted by Gasteiger charge is 2.16. The van der Waals surface area contributed by atoms with Gasteiger partial charge in [0.05, 0.1) is 12.0 Å². The number of benzene rings is 1. The monoisotopic (exact) mass is 257 g/mol. The Morgan fingerprint density at radius 3 is 2.58 bits per heavy atom. The first-order chi connectivity index (χ1) is 9.29. The Kier molecular flexibility index (Phi) is 5.38. The molecule has 3 heteroatoms. The molecule has 0 radical (unpaired) electrons. The van der Waals surface area contributed by atoms with Crippen molar-refractivity contribution in [3.63, 3.8) is 0 Å². The summed E-state index contributed by atoms with van der Waals surface area (Å²) in [6.07, 6.45) is 2.66. The lowest BCUT2D eigenvalue weighted by molar-refractivity contribution is 0.298. The highest BCUT2D eigenvalue weighted by atomic mass is 15.2. The normalized spacial score (nSPS) is 18.9. The molecule has 0 saturated carbocycles. The van der Waals surface area contributed by atoms with Crippen LogP contribution in [0, 0.1) is 11.3 Å². The highest BCUT2D eigenvalue weighted by molar-refractivity contribution is 5.25. The molecule has 1 saturated heterocycles. The summed E-state index contributed by atoms with van der Waals surface area (Å²) in [6.45, 7) is 6.49. The van der Waals surface area contributed by atoms with Crippen LogP contribution >= 0.6 is 0 Å². The molecule has 1 fully saturated rings. The fourth-order valence-electron chi connectivity index (χ4n) is 2.66. The molecular weight excluding hydrogens is 234 g/mol. The second kappa shape index (κ2) is 7.28. The molecule has 2 unspecified atom stereocenters. The van der Waals surface area contributed by atoms with Crippen LogP contribution < -0.4 is 5.32 Å². The molecule has 1 heterocycles. The van der Waals surface area contributed by atoms with Crippen molar-refractivity contribution < 1.29 is 0 Å². The van der Waals surface area contributed by atoms with Crippen molar-refractivity contribution in [2.45, 2.75) is 31.7 Å². The zero-order chi connectivity index (χ0) is 13.5. The fraction of sp³-hybridized carbons (Fsp3) is 0.562. The Morgan fingerprint density at radius 2 is 1.95 bits per heavy atom. The van der Waals surface area contributed by atoms with Gasteiger partial charge in [-0.1, -0.05) is 30.3 Å². The lowest BCUT2D eigenvalue weighted by Gasteiger charge is -2.22. The third-order valence-electron chi connectivity index (χ3n) is 3.76. The summed E-state index contributed by atoms with van der Waals surface area (Å²) in [5, 5.41) is 12.8. The number of hydrogen-bond acceptors (Lipinski definition) is 3. The molecule has 1 N–H and O–H groups in total. The van der Waals surface area contributed by atoms with Crippen LogP contribution in [0.4, 0.5) is 0 Å². The van der Waals surface area contributed by atoms with Gasteiger partial charge in [0.15, 0.2) is 0 Å². The van der Waals surface area contributed by atoms with Crippen LogP contribution in [0.25, 0.3) is 0 Å². The third-order valence-corrected chi connectivity index (χ3v) is 3.76. The molecule has 0 bridgehead atoms. The topological polar surface area (TPSA) is 39.1 Å². The van der Waals surface area contributed by atoms with E-state index in [4.69, 9.17) is 0 Å². The minimum absolute atomic E-state index is 0.0535. The van der Waals surface area contributed by atoms with Crippen molar-refractivity contribution in [1.82, 2.24) is 10.2 Å². The average Bonchev–Trinajstić information content (AvgIpc) is 2.93. The predicted molar refractivity (Wildman–Crippen MR) is 77.9 cm³/mol. The molecule has 1 aromatic carbocycles. The molecule has 19 heavy (non-hydrogen) atoms. The number of nitrogens with zero attached hydrogens (tertiary/aromatic N) is 2. The molecule has 0 spiro atoms. The van der Waals surface area contributed by atoms with E-state index in [2.05, 4.69) is 23.2 Å². The van der Waals surface area contributed by atoms with Gasteiger partial charge in [0, 0.05) is 19.1 Å². The van der Waals surface area contributed by atoms with E-state index in [9.17, 15) is 5.26 Å². The van der Waals surface area contributed by atoms with Crippen LogP contribution in [-0.2, 0) is 0 Å². The lowest BCUT2D eigenvalue weighted by atomic mass is 10.0. The van der Waals surface area contributed by atoms with Gasteiger partial charge in [0.1, 0.15) is 0 Å². The van der Waals surface area contributed by atoms with Gasteiger partial charge in [-0.2, -0.15) is 5.26 Å². The summed E-state index contributed by atoms with van der Waals surface area (Å²) in [5.74, 6) is -0.0535. The summed E-state index contributed by atoms with van der Waals surface area (Å²) in [5.41, 5.74) is 1.10. The molecule has 0 amide bonds. The highest BCUT2D eigenvalue weighted by Crippen LogP contribution is 2.14. The lowest BCUT2D eigenvalue weighted by Crippen LogP contribution is -2.39. The zero-order valence-electron chi connectivity index (χ0n) is 11.7. The first-order valence-electron chi connectivity index (χ1n) is 7.20. The van der Waals surface area contributed by atoms with Crippen LogP contribution in [0.3, 0.4) is 0 Å². The number of likely N-dealkylation sites (tertiary alicyclic amines) is 1. The van der Waals surface area contributed by atoms with Crippen LogP contribution in [0.2, 0.25) is 0 Å². The van der Waals surface area contributed by atoms with Crippen molar-refractivity contribution in [1.29, 1.82) is 5.26 Å². The van der Waals surface area contributed by atoms with E-state index in [1.54, 1.807) is 0 Å². The van der Waals surface area contributed by atoms with Crippen molar-refractivity contribution in [3.8, 4) is 6.07 Å². The van der Waals surface area contributed by atoms with Crippen molar-refractivity contribution in [2.75, 3.05) is 26.2 Å². The van der Waals surface area contributed by atoms with Crippen molar-refractivity contribution >= 4 is 0 Å². The SMILES string of the molecule is CC(CN1CCCC1)NCC(C#N)c1ccccc1. The van der Waals surface area contributed by atoms with E-state index in [0.29, 0.717) is 6.04 Å². The molecule has 0 aliphatic carbocycles. The Hall–Kier alpha value is -1.37. The second-order valence-corrected chi connectivity index (χ2v) is 5.41. The molecule has 102 valence electrons. The van der Waals surface area contributed by atoms with Gasteiger partial charge in [0.2, 0.25) is 0 Å². The quantitative estimate of drug-likeness (QED) is 0.850. The number of rotatable bonds is 6. The van der Waals surface area contributed by atoms with Gasteiger partial charge in [-0.05, 0) is 38.4 Å². The molecular formula is C16H23N3. The van der Waals surface area contributed by atoms with E-state index < -0.39 is 0 Å². The summed E-state index contributed by atoms with van der Waals surface area (Å²) in [7, 11) is 0. The fourth-order valence-corrected chi connectivity index (χ4v) is 2.66. The van der Waals surface area contributed by atoms with E-state index in [1.807, 2.05) is 30.3 Å². The minimum Gasteiger partial charge on any atom is -0.311 e. The van der Waals surface area contributed by atoms with E-state index in [1.165, 1.54) is 25.9 Å². The van der Waals surface area contributed by atoms with Crippen molar-refractivity contribution in [3.05, 3.63) is 35.9 Å². The molecule has 1 aliphatic rings. The molecule has 1 aliphatic heterocycles. The first kappa shape index (κ1) is 14.0. The largest absolute Gasteiger partial charge is 0.311 e. The summed E-state index contributed by atoms with van der Waals surface area (Å²) in [6, 6.07) is 12.9. The zero-order valence-corrected chi connectivity index (χ0v) is 11.7. The Balaban J connectivity index is 1.78. The van der Waals surface area contributed by atoms with Gasteiger partial charge in [-0.25, -0.2) is 0 Å². The van der Waals surface area contributed by atoms with Gasteiger partial charge < -0.3 is 10.2 Å². The second-order valence-electron chi connectivity index (χ2n) is 5.41. The summed E-state index contributed by atoms with van der Waals surface area (Å²) < 4.78 is 0. The van der Waals surface area contributed by atoms with Gasteiger partial charge >= 0.3 is 0 Å². The van der Waals surface area contributed by atoms with Gasteiger partial charge in [0.25, 0.3) is 0 Å². The predicted octanol–water partition coefficient (Wildman–Crippen LogP) is 2.37. The molecule has 3 nitrogen and oxygen atoms in total. The van der Waals surface area contributed by atoms with Crippen LogP contribution in [0.1, 0.15) is 31.2 Å². The van der Waals surface area contributed by atoms with Crippen LogP contribution in [0.15, 0.2) is 30.3 Å². The van der Waals surface area contributed by atoms with Crippen LogP contribution in [-0.4, -0.2) is 37.1 Å². The number of nitriles is 1. The van der Waals surface area contributed by atoms with E-state index >= 15 is 0 Å². The molecule has 1 aromatic rings. The van der Waals surface area contributed by atoms with Gasteiger partial charge in [-0.3, -0.25) is 0 Å². The van der Waals surface area contributed by atoms with E-state index in [-0.39, 0.29) is 5.92 Å².